The van der Waals surface area contributed by atoms with E-state index in [0.717, 1.165) is 69.4 Å². The average Bonchev–Trinajstić information content (AvgIpc) is 3.63. The molecule has 0 saturated heterocycles. The maximum Gasteiger partial charge on any atom is 0.157 e. The van der Waals surface area contributed by atoms with Crippen molar-refractivity contribution in [1.82, 2.24) is 24.1 Å². The fourth-order valence-electron chi connectivity index (χ4n) is 4.63. The molecule has 6 rings (SSSR count). The lowest BCUT2D eigenvalue weighted by Crippen LogP contribution is -2.03. The van der Waals surface area contributed by atoms with Crippen molar-refractivity contribution in [3.05, 3.63) is 90.1 Å². The van der Waals surface area contributed by atoms with Crippen molar-refractivity contribution in [3.63, 3.8) is 0 Å². The summed E-state index contributed by atoms with van der Waals surface area (Å²) >= 11 is 0. The molecule has 1 aliphatic rings. The molecule has 2 aromatic carbocycles. The van der Waals surface area contributed by atoms with E-state index in [1.807, 2.05) is 51.8 Å². The van der Waals surface area contributed by atoms with E-state index in [2.05, 4.69) is 32.7 Å². The minimum Gasteiger partial charge on any atom is -0.496 e. The van der Waals surface area contributed by atoms with Crippen LogP contribution < -0.4 is 10.1 Å². The monoisotopic (exact) mass is 465 g/mol. The lowest BCUT2D eigenvalue weighted by atomic mass is 10.1. The quantitative estimate of drug-likeness (QED) is 0.282. The average molecular weight is 466 g/mol. The highest BCUT2D eigenvalue weighted by molar-refractivity contribution is 6.04. The number of oxime groups is 1. The number of hydrogen-bond donors (Lipinski definition) is 2. The van der Waals surface area contributed by atoms with Gasteiger partial charge in [-0.15, -0.1) is 0 Å². The molecule has 35 heavy (non-hydrogen) atoms. The molecule has 0 fully saturated rings. The molecule has 0 saturated carbocycles. The summed E-state index contributed by atoms with van der Waals surface area (Å²) in [4.78, 5) is 9.14. The molecule has 5 aromatic rings. The maximum absolute atomic E-state index is 9.25. The van der Waals surface area contributed by atoms with Crippen LogP contribution in [-0.4, -0.2) is 42.2 Å². The van der Waals surface area contributed by atoms with Crippen LogP contribution in [0.15, 0.2) is 78.6 Å². The maximum atomic E-state index is 9.25. The van der Waals surface area contributed by atoms with Crippen molar-refractivity contribution in [2.75, 3.05) is 12.4 Å². The van der Waals surface area contributed by atoms with Gasteiger partial charge in [0, 0.05) is 47.2 Å². The van der Waals surface area contributed by atoms with E-state index in [-0.39, 0.29) is 0 Å². The van der Waals surface area contributed by atoms with Crippen LogP contribution in [0.4, 0.5) is 11.5 Å². The largest absolute Gasteiger partial charge is 0.496 e. The normalized spacial score (nSPS) is 13.9. The number of nitrogens with zero attached hydrogens (tertiary/aromatic N) is 6. The van der Waals surface area contributed by atoms with Crippen LogP contribution in [0.25, 0.3) is 16.9 Å². The van der Waals surface area contributed by atoms with Crippen LogP contribution >= 0.6 is 0 Å². The first kappa shape index (κ1) is 20.9. The van der Waals surface area contributed by atoms with Crippen LogP contribution in [0.3, 0.4) is 0 Å². The van der Waals surface area contributed by atoms with E-state index in [4.69, 9.17) is 9.72 Å². The summed E-state index contributed by atoms with van der Waals surface area (Å²) in [7, 11) is 1.67. The molecule has 0 amide bonds. The predicted molar refractivity (Wildman–Crippen MR) is 133 cm³/mol. The molecule has 1 aliphatic carbocycles. The van der Waals surface area contributed by atoms with Crippen LogP contribution in [0.5, 0.6) is 5.75 Å². The Morgan fingerprint density at radius 3 is 2.89 bits per heavy atom. The van der Waals surface area contributed by atoms with Gasteiger partial charge in [-0.1, -0.05) is 11.2 Å². The summed E-state index contributed by atoms with van der Waals surface area (Å²) in [6, 6.07) is 14.1. The van der Waals surface area contributed by atoms with Gasteiger partial charge in [-0.3, -0.25) is 14.1 Å². The molecule has 0 unspecified atom stereocenters. The highest BCUT2D eigenvalue weighted by atomic mass is 16.5. The standard InChI is InChI=1S/C26H23N7O2/c1-35-23-8-4-18(13-19(23)16-32-11-2-9-28-32)25-26(33-12-10-27-15-24(33)30-25)29-20-5-6-21-17(14-20)3-7-22(21)31-34/h2,4-6,8-15,29,34H,3,7,16H2,1H3/b31-22+. The van der Waals surface area contributed by atoms with Crippen molar-refractivity contribution in [2.24, 2.45) is 5.16 Å². The topological polar surface area (TPSA) is 102 Å². The Labute approximate surface area is 201 Å². The van der Waals surface area contributed by atoms with Crippen LogP contribution in [0.1, 0.15) is 23.1 Å². The third-order valence-corrected chi connectivity index (χ3v) is 6.31. The number of rotatable bonds is 6. The number of nitrogens with one attached hydrogen (secondary N) is 1. The van der Waals surface area contributed by atoms with Crippen LogP contribution in [0, 0.1) is 0 Å². The van der Waals surface area contributed by atoms with Crippen LogP contribution in [0.2, 0.25) is 0 Å². The number of ether oxygens (including phenoxy) is 1. The molecule has 0 radical (unpaired) electrons. The Balaban J connectivity index is 1.43. The molecule has 0 atom stereocenters. The number of methoxy groups -OCH3 is 1. The Bertz CT molecular complexity index is 1550. The molecule has 0 spiro atoms. The number of fused-ring (bicyclic) bond motifs is 2. The van der Waals surface area contributed by atoms with Gasteiger partial charge in [-0.05, 0) is 54.8 Å². The van der Waals surface area contributed by atoms with Crippen molar-refractivity contribution in [1.29, 1.82) is 0 Å². The summed E-state index contributed by atoms with van der Waals surface area (Å²) in [5, 5.41) is 20.6. The second-order valence-corrected chi connectivity index (χ2v) is 8.39. The van der Waals surface area contributed by atoms with E-state index in [1.54, 1.807) is 25.7 Å². The fourth-order valence-corrected chi connectivity index (χ4v) is 4.63. The first-order chi connectivity index (χ1) is 17.2. The van der Waals surface area contributed by atoms with Gasteiger partial charge in [0.15, 0.2) is 5.65 Å². The van der Waals surface area contributed by atoms with Gasteiger partial charge in [-0.25, -0.2) is 4.98 Å². The van der Waals surface area contributed by atoms with Gasteiger partial charge in [0.2, 0.25) is 0 Å². The summed E-state index contributed by atoms with van der Waals surface area (Å²) in [6.45, 7) is 0.585. The first-order valence-electron chi connectivity index (χ1n) is 11.3. The van der Waals surface area contributed by atoms with Crippen molar-refractivity contribution < 1.29 is 9.94 Å². The molecular formula is C26H23N7O2. The lowest BCUT2D eigenvalue weighted by Gasteiger charge is -2.13. The smallest absolute Gasteiger partial charge is 0.157 e. The molecule has 9 nitrogen and oxygen atoms in total. The first-order valence-corrected chi connectivity index (χ1v) is 11.3. The Morgan fingerprint density at radius 1 is 1.11 bits per heavy atom. The second-order valence-electron chi connectivity index (χ2n) is 8.39. The van der Waals surface area contributed by atoms with Crippen molar-refractivity contribution in [3.8, 4) is 17.0 Å². The fraction of sp³-hybridized carbons (Fsp3) is 0.154. The molecule has 9 heteroatoms. The number of aromatic nitrogens is 5. The van der Waals surface area contributed by atoms with Crippen molar-refractivity contribution >= 4 is 22.9 Å². The van der Waals surface area contributed by atoms with Gasteiger partial charge in [0.1, 0.15) is 17.3 Å². The van der Waals surface area contributed by atoms with Gasteiger partial charge in [-0.2, -0.15) is 5.10 Å². The number of benzene rings is 2. The second kappa shape index (κ2) is 8.60. The Morgan fingerprint density at radius 2 is 2.06 bits per heavy atom. The highest BCUT2D eigenvalue weighted by Gasteiger charge is 2.20. The zero-order valence-electron chi connectivity index (χ0n) is 19.1. The molecule has 174 valence electrons. The lowest BCUT2D eigenvalue weighted by molar-refractivity contribution is 0.318. The van der Waals surface area contributed by atoms with Gasteiger partial charge >= 0.3 is 0 Å². The number of hydrogen-bond acceptors (Lipinski definition) is 7. The van der Waals surface area contributed by atoms with Gasteiger partial charge in [0.05, 0.1) is 25.6 Å². The zero-order valence-corrected chi connectivity index (χ0v) is 19.1. The zero-order chi connectivity index (χ0) is 23.8. The third kappa shape index (κ3) is 3.76. The summed E-state index contributed by atoms with van der Waals surface area (Å²) < 4.78 is 9.47. The molecular weight excluding hydrogens is 442 g/mol. The summed E-state index contributed by atoms with van der Waals surface area (Å²) in [5.74, 6) is 1.63. The van der Waals surface area contributed by atoms with Gasteiger partial charge in [0.25, 0.3) is 0 Å². The number of imidazole rings is 1. The van der Waals surface area contributed by atoms with E-state index < -0.39 is 0 Å². The van der Waals surface area contributed by atoms with E-state index in [0.29, 0.717) is 6.54 Å². The minimum absolute atomic E-state index is 0.585. The van der Waals surface area contributed by atoms with Crippen LogP contribution in [-0.2, 0) is 13.0 Å². The SMILES string of the molecule is COc1ccc(-c2nc3cnccn3c2Nc2ccc3c(c2)CC/C3=N\O)cc1Cn1cccn1. The molecule has 0 aliphatic heterocycles. The molecule has 3 heterocycles. The van der Waals surface area contributed by atoms with E-state index in [9.17, 15) is 5.21 Å². The minimum atomic E-state index is 0.585. The van der Waals surface area contributed by atoms with Crippen molar-refractivity contribution in [2.45, 2.75) is 19.4 Å². The van der Waals surface area contributed by atoms with Gasteiger partial charge < -0.3 is 15.3 Å². The molecule has 0 bridgehead atoms. The third-order valence-electron chi connectivity index (χ3n) is 6.31. The Kier molecular flexibility index (Phi) is 5.14. The Hall–Kier alpha value is -4.66. The number of anilines is 2. The highest BCUT2D eigenvalue weighted by Crippen LogP contribution is 2.35. The number of aryl methyl sites for hydroxylation is 1. The predicted octanol–water partition coefficient (Wildman–Crippen LogP) is 4.52. The molecule has 3 aromatic heterocycles. The van der Waals surface area contributed by atoms with E-state index >= 15 is 0 Å². The van der Waals surface area contributed by atoms with E-state index in [1.165, 1.54) is 0 Å². The summed E-state index contributed by atoms with van der Waals surface area (Å²) in [5.41, 5.74) is 7.33. The summed E-state index contributed by atoms with van der Waals surface area (Å²) in [6.07, 6.45) is 10.7. The molecule has 2 N–H and O–H groups in total.